The van der Waals surface area contributed by atoms with Crippen molar-refractivity contribution in [2.24, 2.45) is 7.05 Å². The van der Waals surface area contributed by atoms with Gasteiger partial charge in [0.15, 0.2) is 0 Å². The lowest BCUT2D eigenvalue weighted by Crippen LogP contribution is -2.39. The van der Waals surface area contributed by atoms with Gasteiger partial charge in [0.2, 0.25) is 11.8 Å². The zero-order valence-corrected chi connectivity index (χ0v) is 11.1. The molecule has 3 rings (SSSR count). The fraction of sp³-hybridized carbons (Fsp3) is 0.267. The molecule has 0 spiro atoms. The van der Waals surface area contributed by atoms with Crippen molar-refractivity contribution >= 4 is 29.0 Å². The predicted molar refractivity (Wildman–Crippen MR) is 73.4 cm³/mol. The van der Waals surface area contributed by atoms with Crippen molar-refractivity contribution in [2.75, 3.05) is 0 Å². The number of aromatic nitrogens is 1. The quantitative estimate of drug-likeness (QED) is 0.664. The van der Waals surface area contributed by atoms with Crippen LogP contribution < -0.4 is 5.32 Å². The molecule has 0 bridgehead atoms. The molecule has 1 saturated heterocycles. The summed E-state index contributed by atoms with van der Waals surface area (Å²) in [7, 11) is 1.90. The van der Waals surface area contributed by atoms with Crippen LogP contribution >= 0.6 is 0 Å². The molecule has 1 unspecified atom stereocenters. The number of amides is 2. The number of piperidine rings is 1. The minimum absolute atomic E-state index is 0.222. The average Bonchev–Trinajstić information content (AvgIpc) is 2.75. The van der Waals surface area contributed by atoms with Crippen LogP contribution in [0.2, 0.25) is 0 Å². The zero-order chi connectivity index (χ0) is 14.3. The zero-order valence-electron chi connectivity index (χ0n) is 11.1. The van der Waals surface area contributed by atoms with E-state index in [0.717, 1.165) is 22.8 Å². The number of carbonyl (C=O) groups is 3. The second-order valence-corrected chi connectivity index (χ2v) is 5.09. The van der Waals surface area contributed by atoms with Gasteiger partial charge in [0.25, 0.3) is 0 Å². The van der Waals surface area contributed by atoms with Crippen molar-refractivity contribution in [1.29, 1.82) is 0 Å². The number of rotatable bonds is 2. The molecule has 1 aliphatic heterocycles. The van der Waals surface area contributed by atoms with E-state index in [1.54, 1.807) is 12.1 Å². The van der Waals surface area contributed by atoms with Crippen LogP contribution in [-0.2, 0) is 16.6 Å². The molecule has 2 amide bonds. The number of benzene rings is 1. The van der Waals surface area contributed by atoms with Gasteiger partial charge in [0.1, 0.15) is 6.29 Å². The van der Waals surface area contributed by atoms with E-state index in [4.69, 9.17) is 0 Å². The van der Waals surface area contributed by atoms with E-state index in [2.05, 4.69) is 5.32 Å². The molecule has 1 N–H and O–H groups in total. The lowest BCUT2D eigenvalue weighted by Gasteiger charge is -2.20. The molecule has 1 aromatic heterocycles. The third-order valence-corrected chi connectivity index (χ3v) is 3.80. The molecular formula is C15H14N2O3. The second kappa shape index (κ2) is 4.59. The molecule has 2 heterocycles. The molecule has 0 aliphatic carbocycles. The molecule has 5 heteroatoms. The van der Waals surface area contributed by atoms with E-state index < -0.39 is 0 Å². The molecule has 20 heavy (non-hydrogen) atoms. The van der Waals surface area contributed by atoms with Crippen LogP contribution in [0.15, 0.2) is 24.4 Å². The average molecular weight is 270 g/mol. The highest BCUT2D eigenvalue weighted by Crippen LogP contribution is 2.32. The van der Waals surface area contributed by atoms with E-state index in [-0.39, 0.29) is 17.7 Å². The van der Waals surface area contributed by atoms with Gasteiger partial charge in [-0.15, -0.1) is 0 Å². The standard InChI is InChI=1S/C15H14N2O3/c1-17-7-12(10-3-5-14(19)16-15(10)20)11-6-9(8-18)2-4-13(11)17/h2,4,6-8,10H,3,5H2,1H3,(H,16,19,20). The number of nitrogens with one attached hydrogen (secondary N) is 1. The summed E-state index contributed by atoms with van der Waals surface area (Å²) in [5.41, 5.74) is 2.42. The Bertz CT molecular complexity index is 730. The van der Waals surface area contributed by atoms with Crippen molar-refractivity contribution in [1.82, 2.24) is 9.88 Å². The first-order chi connectivity index (χ1) is 9.60. The van der Waals surface area contributed by atoms with Crippen LogP contribution in [0.5, 0.6) is 0 Å². The summed E-state index contributed by atoms with van der Waals surface area (Å²) in [4.78, 5) is 34.2. The summed E-state index contributed by atoms with van der Waals surface area (Å²) in [5, 5.41) is 3.27. The number of aldehydes is 1. The first-order valence-electron chi connectivity index (χ1n) is 6.48. The first-order valence-corrected chi connectivity index (χ1v) is 6.48. The van der Waals surface area contributed by atoms with Crippen molar-refractivity contribution < 1.29 is 14.4 Å². The molecule has 1 aromatic carbocycles. The van der Waals surface area contributed by atoms with Crippen molar-refractivity contribution in [3.63, 3.8) is 0 Å². The van der Waals surface area contributed by atoms with Crippen LogP contribution in [0.3, 0.4) is 0 Å². The normalized spacial score (nSPS) is 19.1. The summed E-state index contributed by atoms with van der Waals surface area (Å²) in [6.45, 7) is 0. The SMILES string of the molecule is Cn1cc(C2CCC(=O)NC2=O)c2cc(C=O)ccc21. The van der Waals surface area contributed by atoms with Gasteiger partial charge in [-0.25, -0.2) is 0 Å². The van der Waals surface area contributed by atoms with Crippen LogP contribution in [0.25, 0.3) is 10.9 Å². The van der Waals surface area contributed by atoms with Crippen molar-refractivity contribution in [3.05, 3.63) is 35.5 Å². The predicted octanol–water partition coefficient (Wildman–Crippen LogP) is 1.51. The fourth-order valence-corrected chi connectivity index (χ4v) is 2.78. The summed E-state index contributed by atoms with van der Waals surface area (Å²) in [6.07, 6.45) is 3.55. The third-order valence-electron chi connectivity index (χ3n) is 3.80. The number of nitrogens with zero attached hydrogens (tertiary/aromatic N) is 1. The largest absolute Gasteiger partial charge is 0.350 e. The highest BCUT2D eigenvalue weighted by Gasteiger charge is 2.30. The van der Waals surface area contributed by atoms with E-state index >= 15 is 0 Å². The Kier molecular flexibility index (Phi) is 2.89. The van der Waals surface area contributed by atoms with Crippen molar-refractivity contribution in [3.8, 4) is 0 Å². The Morgan fingerprint density at radius 2 is 2.15 bits per heavy atom. The van der Waals surface area contributed by atoms with Gasteiger partial charge >= 0.3 is 0 Å². The van der Waals surface area contributed by atoms with Gasteiger partial charge in [0, 0.05) is 36.1 Å². The number of aryl methyl sites for hydroxylation is 1. The molecule has 102 valence electrons. The van der Waals surface area contributed by atoms with E-state index in [0.29, 0.717) is 18.4 Å². The number of imide groups is 1. The number of hydrogen-bond donors (Lipinski definition) is 1. The molecule has 5 nitrogen and oxygen atoms in total. The Morgan fingerprint density at radius 3 is 2.85 bits per heavy atom. The van der Waals surface area contributed by atoms with Crippen LogP contribution in [0.4, 0.5) is 0 Å². The fourth-order valence-electron chi connectivity index (χ4n) is 2.78. The second-order valence-electron chi connectivity index (χ2n) is 5.09. The monoisotopic (exact) mass is 270 g/mol. The molecular weight excluding hydrogens is 256 g/mol. The van der Waals surface area contributed by atoms with Gasteiger partial charge in [-0.1, -0.05) is 0 Å². The number of carbonyl (C=O) groups excluding carboxylic acids is 3. The maximum Gasteiger partial charge on any atom is 0.234 e. The molecule has 1 atom stereocenters. The van der Waals surface area contributed by atoms with Crippen LogP contribution in [0.1, 0.15) is 34.7 Å². The smallest absolute Gasteiger partial charge is 0.234 e. The third kappa shape index (κ3) is 1.91. The maximum atomic E-state index is 12.0. The lowest BCUT2D eigenvalue weighted by molar-refractivity contribution is -0.134. The van der Waals surface area contributed by atoms with Gasteiger partial charge in [-0.2, -0.15) is 0 Å². The summed E-state index contributed by atoms with van der Waals surface area (Å²) >= 11 is 0. The highest BCUT2D eigenvalue weighted by atomic mass is 16.2. The molecule has 2 aromatic rings. The van der Waals surface area contributed by atoms with Crippen LogP contribution in [-0.4, -0.2) is 22.7 Å². The van der Waals surface area contributed by atoms with Gasteiger partial charge < -0.3 is 4.57 Å². The van der Waals surface area contributed by atoms with Gasteiger partial charge in [-0.3, -0.25) is 19.7 Å². The van der Waals surface area contributed by atoms with E-state index in [1.807, 2.05) is 23.9 Å². The van der Waals surface area contributed by atoms with E-state index in [1.165, 1.54) is 0 Å². The number of fused-ring (bicyclic) bond motifs is 1. The minimum Gasteiger partial charge on any atom is -0.350 e. The Labute approximate surface area is 115 Å². The minimum atomic E-state index is -0.335. The summed E-state index contributed by atoms with van der Waals surface area (Å²) < 4.78 is 1.93. The summed E-state index contributed by atoms with van der Waals surface area (Å²) in [6, 6.07) is 5.42. The molecule has 1 fully saturated rings. The number of hydrogen-bond acceptors (Lipinski definition) is 3. The molecule has 0 saturated carbocycles. The van der Waals surface area contributed by atoms with E-state index in [9.17, 15) is 14.4 Å². The Balaban J connectivity index is 2.13. The lowest BCUT2D eigenvalue weighted by atomic mass is 9.90. The molecule has 0 radical (unpaired) electrons. The first kappa shape index (κ1) is 12.6. The highest BCUT2D eigenvalue weighted by molar-refractivity contribution is 6.03. The maximum absolute atomic E-state index is 12.0. The van der Waals surface area contributed by atoms with Gasteiger partial charge in [0.05, 0.1) is 5.92 Å². The van der Waals surface area contributed by atoms with Crippen molar-refractivity contribution in [2.45, 2.75) is 18.8 Å². The summed E-state index contributed by atoms with van der Waals surface area (Å²) in [5.74, 6) is -0.816. The van der Waals surface area contributed by atoms with Gasteiger partial charge in [-0.05, 0) is 30.2 Å². The van der Waals surface area contributed by atoms with Crippen LogP contribution in [0, 0.1) is 0 Å². The Hall–Kier alpha value is -2.43. The Morgan fingerprint density at radius 1 is 1.35 bits per heavy atom. The molecule has 1 aliphatic rings. The topological polar surface area (TPSA) is 68.2 Å².